The molecule has 1 fully saturated rings. The summed E-state index contributed by atoms with van der Waals surface area (Å²) in [5.41, 5.74) is 5.90. The summed E-state index contributed by atoms with van der Waals surface area (Å²) in [6.45, 7) is 6.19. The van der Waals surface area contributed by atoms with Gasteiger partial charge < -0.3 is 14.7 Å². The molecule has 0 bridgehead atoms. The van der Waals surface area contributed by atoms with Gasteiger partial charge in [0.2, 0.25) is 0 Å². The largest absolute Gasteiger partial charge is 0.393 e. The molecule has 180 valence electrons. The van der Waals surface area contributed by atoms with Gasteiger partial charge in [-0.1, -0.05) is 11.2 Å². The van der Waals surface area contributed by atoms with E-state index in [9.17, 15) is 18.0 Å². The molecule has 2 aromatic heterocycles. The van der Waals surface area contributed by atoms with Crippen LogP contribution < -0.4 is 10.2 Å². The number of hydrogen-bond acceptors (Lipinski definition) is 5. The van der Waals surface area contributed by atoms with Crippen molar-refractivity contribution >= 4 is 11.6 Å². The highest BCUT2D eigenvalue weighted by molar-refractivity contribution is 5.94. The Kier molecular flexibility index (Phi) is 6.63. The minimum absolute atomic E-state index is 0.0675. The first-order valence-corrected chi connectivity index (χ1v) is 11.2. The first-order chi connectivity index (χ1) is 16.1. The number of halogens is 3. The van der Waals surface area contributed by atoms with Crippen LogP contribution in [0.1, 0.15) is 45.8 Å². The number of carbonyl (C=O) groups excluding carboxylic acids is 1. The van der Waals surface area contributed by atoms with Crippen molar-refractivity contribution in [2.45, 2.75) is 46.3 Å². The number of nitrogens with zero attached hydrogens (tertiary/aromatic N) is 3. The average molecular weight is 473 g/mol. The van der Waals surface area contributed by atoms with Gasteiger partial charge in [0.1, 0.15) is 11.8 Å². The van der Waals surface area contributed by atoms with Crippen LogP contribution in [0.2, 0.25) is 0 Å². The lowest BCUT2D eigenvalue weighted by atomic mass is 9.95. The Labute approximate surface area is 196 Å². The van der Waals surface area contributed by atoms with Crippen LogP contribution in [0.5, 0.6) is 0 Å². The molecule has 4 rings (SSSR count). The molecule has 34 heavy (non-hydrogen) atoms. The number of amides is 1. The van der Waals surface area contributed by atoms with Gasteiger partial charge in [-0.2, -0.15) is 13.2 Å². The highest BCUT2D eigenvalue weighted by atomic mass is 19.4. The number of rotatable bonds is 5. The Morgan fingerprint density at radius 1 is 1.18 bits per heavy atom. The third-order valence-electron chi connectivity index (χ3n) is 6.16. The molecule has 3 aromatic rings. The van der Waals surface area contributed by atoms with E-state index < -0.39 is 12.1 Å². The van der Waals surface area contributed by atoms with E-state index in [4.69, 9.17) is 4.52 Å². The van der Waals surface area contributed by atoms with Crippen LogP contribution in [0, 0.1) is 26.7 Å². The molecule has 1 N–H and O–H groups in total. The van der Waals surface area contributed by atoms with E-state index in [-0.39, 0.29) is 25.4 Å². The molecule has 1 aliphatic heterocycles. The molecule has 6 nitrogen and oxygen atoms in total. The zero-order valence-electron chi connectivity index (χ0n) is 19.4. The lowest BCUT2D eigenvalue weighted by molar-refractivity contribution is -0.175. The smallest absolute Gasteiger partial charge is 0.371 e. The SMILES string of the molecule is Cc1cc(-c2ccc(N3CCCC(C(F)(F)F)C3)cc2CNC(=O)c2conc2C)cc(C)n1. The fourth-order valence-corrected chi connectivity index (χ4v) is 4.45. The molecule has 1 unspecified atom stereocenters. The van der Waals surface area contributed by atoms with E-state index in [0.29, 0.717) is 29.9 Å². The maximum Gasteiger partial charge on any atom is 0.393 e. The molecule has 0 aliphatic carbocycles. The molecule has 1 atom stereocenters. The van der Waals surface area contributed by atoms with Gasteiger partial charge in [-0.3, -0.25) is 9.78 Å². The summed E-state index contributed by atoms with van der Waals surface area (Å²) in [6.07, 6.45) is -2.29. The van der Waals surface area contributed by atoms with E-state index in [1.165, 1.54) is 6.26 Å². The van der Waals surface area contributed by atoms with Crippen LogP contribution in [0.3, 0.4) is 0 Å². The first-order valence-electron chi connectivity index (χ1n) is 11.2. The van der Waals surface area contributed by atoms with Crippen molar-refractivity contribution in [3.63, 3.8) is 0 Å². The summed E-state index contributed by atoms with van der Waals surface area (Å²) in [5.74, 6) is -1.67. The zero-order valence-corrected chi connectivity index (χ0v) is 19.4. The van der Waals surface area contributed by atoms with Gasteiger partial charge in [0.25, 0.3) is 5.91 Å². The normalized spacial score (nSPS) is 16.5. The lowest BCUT2D eigenvalue weighted by Gasteiger charge is -2.35. The second-order valence-electron chi connectivity index (χ2n) is 8.80. The number of aromatic nitrogens is 2. The van der Waals surface area contributed by atoms with E-state index in [1.54, 1.807) is 11.8 Å². The highest BCUT2D eigenvalue weighted by Gasteiger charge is 2.41. The fourth-order valence-electron chi connectivity index (χ4n) is 4.45. The van der Waals surface area contributed by atoms with Gasteiger partial charge in [0.05, 0.1) is 11.6 Å². The third kappa shape index (κ3) is 5.24. The van der Waals surface area contributed by atoms with Crippen molar-refractivity contribution in [1.29, 1.82) is 0 Å². The molecule has 0 radical (unpaired) electrons. The Balaban J connectivity index is 1.66. The number of piperidine rings is 1. The van der Waals surface area contributed by atoms with E-state index in [0.717, 1.165) is 28.1 Å². The molecule has 9 heteroatoms. The topological polar surface area (TPSA) is 71.3 Å². The Morgan fingerprint density at radius 2 is 1.91 bits per heavy atom. The number of aryl methyl sites for hydroxylation is 3. The van der Waals surface area contributed by atoms with Crippen molar-refractivity contribution in [1.82, 2.24) is 15.5 Å². The van der Waals surface area contributed by atoms with Gasteiger partial charge in [-0.25, -0.2) is 0 Å². The summed E-state index contributed by atoms with van der Waals surface area (Å²) < 4.78 is 44.9. The van der Waals surface area contributed by atoms with E-state index in [1.807, 2.05) is 44.2 Å². The molecular weight excluding hydrogens is 445 g/mol. The molecule has 3 heterocycles. The maximum atomic E-state index is 13.4. The molecule has 1 amide bonds. The average Bonchev–Trinajstić information content (AvgIpc) is 3.22. The Bertz CT molecular complexity index is 1170. The third-order valence-corrected chi connectivity index (χ3v) is 6.16. The van der Waals surface area contributed by atoms with Gasteiger partial charge >= 0.3 is 6.18 Å². The predicted octanol–water partition coefficient (Wildman–Crippen LogP) is 5.37. The van der Waals surface area contributed by atoms with Crippen molar-refractivity contribution < 1.29 is 22.5 Å². The van der Waals surface area contributed by atoms with E-state index >= 15 is 0 Å². The van der Waals surface area contributed by atoms with Crippen LogP contribution in [0.25, 0.3) is 11.1 Å². The monoisotopic (exact) mass is 472 g/mol. The summed E-state index contributed by atoms with van der Waals surface area (Å²) in [4.78, 5) is 18.8. The maximum absolute atomic E-state index is 13.4. The van der Waals surface area contributed by atoms with Gasteiger partial charge in [-0.05, 0) is 74.6 Å². The summed E-state index contributed by atoms with van der Waals surface area (Å²) in [7, 11) is 0. The number of hydrogen-bond donors (Lipinski definition) is 1. The number of alkyl halides is 3. The number of pyridine rings is 1. The predicted molar refractivity (Wildman–Crippen MR) is 123 cm³/mol. The van der Waals surface area contributed by atoms with Crippen LogP contribution in [-0.4, -0.2) is 35.3 Å². The van der Waals surface area contributed by atoms with Crippen molar-refractivity contribution in [2.75, 3.05) is 18.0 Å². The summed E-state index contributed by atoms with van der Waals surface area (Å²) >= 11 is 0. The van der Waals surface area contributed by atoms with Crippen LogP contribution in [0.15, 0.2) is 41.1 Å². The molecule has 0 saturated carbocycles. The molecular formula is C25H27F3N4O2. The van der Waals surface area contributed by atoms with Gasteiger partial charge in [0, 0.05) is 36.7 Å². The molecule has 0 spiro atoms. The Morgan fingerprint density at radius 3 is 2.56 bits per heavy atom. The van der Waals surface area contributed by atoms with E-state index in [2.05, 4.69) is 15.5 Å². The molecule has 1 aliphatic rings. The van der Waals surface area contributed by atoms with Crippen LogP contribution in [0.4, 0.5) is 18.9 Å². The number of carbonyl (C=O) groups is 1. The number of nitrogens with one attached hydrogen (secondary N) is 1. The zero-order chi connectivity index (χ0) is 24.5. The second-order valence-corrected chi connectivity index (χ2v) is 8.80. The summed E-state index contributed by atoms with van der Waals surface area (Å²) in [6, 6.07) is 9.55. The van der Waals surface area contributed by atoms with Gasteiger partial charge in [-0.15, -0.1) is 0 Å². The molecule has 1 aromatic carbocycles. The standard InChI is InChI=1S/C25H27F3N4O2/c1-15-9-18(10-16(2)30-15)22-7-6-21(32-8-4-5-20(13-32)25(26,27)28)11-19(22)12-29-24(33)23-14-34-31-17(23)3/h6-7,9-11,14,20H,4-5,8,12-13H2,1-3H3,(H,29,33). The lowest BCUT2D eigenvalue weighted by Crippen LogP contribution is -2.41. The van der Waals surface area contributed by atoms with Crippen molar-refractivity contribution in [3.8, 4) is 11.1 Å². The number of benzene rings is 1. The fraction of sp³-hybridized carbons (Fsp3) is 0.400. The highest BCUT2D eigenvalue weighted by Crippen LogP contribution is 2.36. The minimum atomic E-state index is -4.21. The van der Waals surface area contributed by atoms with Crippen molar-refractivity contribution in [2.24, 2.45) is 5.92 Å². The van der Waals surface area contributed by atoms with Crippen LogP contribution in [-0.2, 0) is 6.54 Å². The van der Waals surface area contributed by atoms with Crippen molar-refractivity contribution in [3.05, 3.63) is 64.8 Å². The summed E-state index contributed by atoms with van der Waals surface area (Å²) in [5, 5.41) is 6.63. The van der Waals surface area contributed by atoms with Gasteiger partial charge in [0.15, 0.2) is 0 Å². The van der Waals surface area contributed by atoms with Crippen LogP contribution >= 0.6 is 0 Å². The minimum Gasteiger partial charge on any atom is -0.371 e. The molecule has 1 saturated heterocycles. The Hall–Kier alpha value is -3.36. The quantitative estimate of drug-likeness (QED) is 0.541. The second kappa shape index (κ2) is 9.48. The number of anilines is 1. The first kappa shape index (κ1) is 23.8.